The Kier molecular flexibility index (Phi) is 8.08. The molecular formula is C50H33N5. The second kappa shape index (κ2) is 13.8. The van der Waals surface area contributed by atoms with Gasteiger partial charge in [-0.25, -0.2) is 19.9 Å². The molecule has 3 heterocycles. The molecule has 0 bridgehead atoms. The minimum absolute atomic E-state index is 0.993. The summed E-state index contributed by atoms with van der Waals surface area (Å²) in [5.74, 6) is 0. The van der Waals surface area contributed by atoms with Gasteiger partial charge in [0.2, 0.25) is 0 Å². The molecule has 0 spiro atoms. The largest absolute Gasteiger partial charge is 0.309 e. The molecule has 0 radical (unpaired) electrons. The Morgan fingerprint density at radius 1 is 0.273 bits per heavy atom. The smallest absolute Gasteiger partial charge is 0.115 e. The van der Waals surface area contributed by atoms with Gasteiger partial charge in [-0.1, -0.05) is 109 Å². The molecule has 0 unspecified atom stereocenters. The van der Waals surface area contributed by atoms with Crippen molar-refractivity contribution in [1.29, 1.82) is 0 Å². The highest BCUT2D eigenvalue weighted by atomic mass is 15.0. The van der Waals surface area contributed by atoms with Crippen LogP contribution in [0.15, 0.2) is 201 Å². The van der Waals surface area contributed by atoms with Crippen molar-refractivity contribution < 1.29 is 0 Å². The monoisotopic (exact) mass is 703 g/mol. The minimum Gasteiger partial charge on any atom is -0.309 e. The Morgan fingerprint density at radius 3 is 0.964 bits per heavy atom. The summed E-state index contributed by atoms with van der Waals surface area (Å²) in [4.78, 5) is 17.0. The van der Waals surface area contributed by atoms with Crippen LogP contribution in [0, 0.1) is 0 Å². The van der Waals surface area contributed by atoms with Crippen molar-refractivity contribution in [3.05, 3.63) is 201 Å². The molecule has 258 valence electrons. The van der Waals surface area contributed by atoms with Gasteiger partial charge in [0.25, 0.3) is 0 Å². The number of nitrogens with zero attached hydrogens (tertiary/aromatic N) is 5. The second-order valence-corrected chi connectivity index (χ2v) is 13.7. The van der Waals surface area contributed by atoms with E-state index in [4.69, 9.17) is 0 Å². The first-order chi connectivity index (χ1) is 27.2. The predicted molar refractivity (Wildman–Crippen MR) is 225 cm³/mol. The van der Waals surface area contributed by atoms with Gasteiger partial charge in [-0.05, 0) is 110 Å². The molecule has 0 saturated heterocycles. The SMILES string of the molecule is c1cc(-c2cncnc2)cc(-c2cccc(-c3cc(-c4cccc(-c5cccc(-c6cncnc6)c5)c4)cc(-n4c5ccccc5c5ccccc54)c3)c2)c1. The van der Waals surface area contributed by atoms with E-state index in [0.717, 1.165) is 72.4 Å². The van der Waals surface area contributed by atoms with E-state index in [1.807, 2.05) is 24.8 Å². The van der Waals surface area contributed by atoms with E-state index in [-0.39, 0.29) is 0 Å². The summed E-state index contributed by atoms with van der Waals surface area (Å²) in [5, 5.41) is 2.47. The predicted octanol–water partition coefficient (Wildman–Crippen LogP) is 12.4. The fourth-order valence-corrected chi connectivity index (χ4v) is 7.68. The van der Waals surface area contributed by atoms with Gasteiger partial charge in [0, 0.05) is 52.4 Å². The van der Waals surface area contributed by atoms with Crippen molar-refractivity contribution in [3.63, 3.8) is 0 Å². The maximum Gasteiger partial charge on any atom is 0.115 e. The maximum atomic E-state index is 4.24. The van der Waals surface area contributed by atoms with Gasteiger partial charge in [0.15, 0.2) is 0 Å². The molecule has 7 aromatic carbocycles. The van der Waals surface area contributed by atoms with Crippen molar-refractivity contribution in [1.82, 2.24) is 24.5 Å². The summed E-state index contributed by atoms with van der Waals surface area (Å²) >= 11 is 0. The molecule has 10 aromatic rings. The fraction of sp³-hybridized carbons (Fsp3) is 0. The third-order valence-corrected chi connectivity index (χ3v) is 10.3. The van der Waals surface area contributed by atoms with Crippen molar-refractivity contribution in [2.24, 2.45) is 0 Å². The van der Waals surface area contributed by atoms with E-state index in [2.05, 4.69) is 188 Å². The van der Waals surface area contributed by atoms with Gasteiger partial charge in [0.05, 0.1) is 11.0 Å². The van der Waals surface area contributed by atoms with E-state index in [1.54, 1.807) is 12.7 Å². The molecule has 0 N–H and O–H groups in total. The van der Waals surface area contributed by atoms with Crippen LogP contribution >= 0.6 is 0 Å². The second-order valence-electron chi connectivity index (χ2n) is 13.7. The van der Waals surface area contributed by atoms with Crippen LogP contribution in [0.25, 0.3) is 94.3 Å². The third-order valence-electron chi connectivity index (χ3n) is 10.3. The quantitative estimate of drug-likeness (QED) is 0.166. The zero-order valence-electron chi connectivity index (χ0n) is 29.8. The van der Waals surface area contributed by atoms with Crippen LogP contribution in [0.4, 0.5) is 0 Å². The first-order valence-corrected chi connectivity index (χ1v) is 18.3. The molecule has 0 aliphatic rings. The van der Waals surface area contributed by atoms with Crippen LogP contribution in [0.5, 0.6) is 0 Å². The molecule has 0 atom stereocenters. The van der Waals surface area contributed by atoms with Crippen LogP contribution in [0.2, 0.25) is 0 Å². The van der Waals surface area contributed by atoms with Crippen LogP contribution < -0.4 is 0 Å². The number of aromatic nitrogens is 5. The number of hydrogen-bond acceptors (Lipinski definition) is 4. The Morgan fingerprint density at radius 2 is 0.582 bits per heavy atom. The van der Waals surface area contributed by atoms with Gasteiger partial charge < -0.3 is 4.57 Å². The van der Waals surface area contributed by atoms with Crippen LogP contribution in [-0.2, 0) is 0 Å². The van der Waals surface area contributed by atoms with E-state index >= 15 is 0 Å². The minimum atomic E-state index is 0.993. The first kappa shape index (κ1) is 32.2. The summed E-state index contributed by atoms with van der Waals surface area (Å²) in [6.07, 6.45) is 10.5. The van der Waals surface area contributed by atoms with Crippen molar-refractivity contribution in [2.75, 3.05) is 0 Å². The normalized spacial score (nSPS) is 11.3. The number of hydrogen-bond donors (Lipinski definition) is 0. The molecule has 0 fully saturated rings. The Balaban J connectivity index is 1.13. The van der Waals surface area contributed by atoms with Crippen molar-refractivity contribution in [3.8, 4) is 72.4 Å². The lowest BCUT2D eigenvalue weighted by Gasteiger charge is -2.15. The molecule has 3 aromatic heterocycles. The lowest BCUT2D eigenvalue weighted by atomic mass is 9.93. The summed E-state index contributed by atoms with van der Waals surface area (Å²) in [6, 6.07) is 59.2. The number of rotatable bonds is 7. The van der Waals surface area contributed by atoms with Crippen molar-refractivity contribution in [2.45, 2.75) is 0 Å². The summed E-state index contributed by atoms with van der Waals surface area (Å²) < 4.78 is 2.40. The highest BCUT2D eigenvalue weighted by molar-refractivity contribution is 6.09. The topological polar surface area (TPSA) is 56.5 Å². The summed E-state index contributed by atoms with van der Waals surface area (Å²) in [5.41, 5.74) is 16.7. The highest BCUT2D eigenvalue weighted by Crippen LogP contribution is 2.38. The summed E-state index contributed by atoms with van der Waals surface area (Å²) in [6.45, 7) is 0. The number of benzene rings is 7. The lowest BCUT2D eigenvalue weighted by molar-refractivity contribution is 1.17. The third kappa shape index (κ3) is 6.14. The zero-order chi connectivity index (χ0) is 36.6. The number of para-hydroxylation sites is 2. The van der Waals surface area contributed by atoms with E-state index in [1.165, 1.54) is 21.8 Å². The molecule has 0 saturated carbocycles. The van der Waals surface area contributed by atoms with Gasteiger partial charge in [-0.3, -0.25) is 0 Å². The molecule has 10 rings (SSSR count). The average Bonchev–Trinajstić information content (AvgIpc) is 3.61. The number of fused-ring (bicyclic) bond motifs is 3. The van der Waals surface area contributed by atoms with Crippen LogP contribution in [0.1, 0.15) is 0 Å². The maximum absolute atomic E-state index is 4.24. The van der Waals surface area contributed by atoms with E-state index in [9.17, 15) is 0 Å². The standard InChI is InChI=1S/C50H33N5/c1-3-19-49-47(17-1)48-18-2-4-20-50(48)55(49)46-26-42(38-13-5-9-34(21-38)36-11-7-15-40(23-36)44-28-51-32-52-29-44)25-43(27-46)39-14-6-10-35(22-39)37-12-8-16-41(24-37)45-30-53-33-54-31-45/h1-33H. The Bertz CT molecular complexity index is 2790. The van der Waals surface area contributed by atoms with Gasteiger partial charge >= 0.3 is 0 Å². The lowest BCUT2D eigenvalue weighted by Crippen LogP contribution is -1.96. The highest BCUT2D eigenvalue weighted by Gasteiger charge is 2.15. The Hall–Kier alpha value is -7.50. The first-order valence-electron chi connectivity index (χ1n) is 18.3. The van der Waals surface area contributed by atoms with E-state index < -0.39 is 0 Å². The zero-order valence-corrected chi connectivity index (χ0v) is 29.8. The summed E-state index contributed by atoms with van der Waals surface area (Å²) in [7, 11) is 0. The van der Waals surface area contributed by atoms with Gasteiger partial charge in [0.1, 0.15) is 12.7 Å². The van der Waals surface area contributed by atoms with Crippen LogP contribution in [0.3, 0.4) is 0 Å². The molecule has 0 aliphatic heterocycles. The molecular weight excluding hydrogens is 671 g/mol. The molecule has 0 amide bonds. The molecule has 55 heavy (non-hydrogen) atoms. The Labute approximate surface area is 318 Å². The van der Waals surface area contributed by atoms with E-state index in [0.29, 0.717) is 0 Å². The molecule has 5 nitrogen and oxygen atoms in total. The van der Waals surface area contributed by atoms with Gasteiger partial charge in [-0.15, -0.1) is 0 Å². The van der Waals surface area contributed by atoms with Gasteiger partial charge in [-0.2, -0.15) is 0 Å². The van der Waals surface area contributed by atoms with Crippen LogP contribution in [-0.4, -0.2) is 24.5 Å². The average molecular weight is 704 g/mol. The molecule has 5 heteroatoms. The van der Waals surface area contributed by atoms with Crippen molar-refractivity contribution >= 4 is 21.8 Å². The fourth-order valence-electron chi connectivity index (χ4n) is 7.68. The molecule has 0 aliphatic carbocycles.